The fourth-order valence-electron chi connectivity index (χ4n) is 5.46. The number of nitrogens with zero attached hydrogens (tertiary/aromatic N) is 1. The maximum atomic E-state index is 6.64. The van der Waals surface area contributed by atoms with E-state index in [-0.39, 0.29) is 18.6 Å². The highest BCUT2D eigenvalue weighted by molar-refractivity contribution is 6.13. The maximum Gasteiger partial charge on any atom is 0.196 e. The molecule has 0 amide bonds. The van der Waals surface area contributed by atoms with E-state index in [2.05, 4.69) is 65.2 Å². The quantitative estimate of drug-likeness (QED) is 0.111. The summed E-state index contributed by atoms with van der Waals surface area (Å²) in [5, 5.41) is 11.6. The monoisotopic (exact) mass is 534 g/mol. The van der Waals surface area contributed by atoms with Crippen molar-refractivity contribution < 1.29 is 4.74 Å². The van der Waals surface area contributed by atoms with Gasteiger partial charge in [-0.05, 0) is 45.0 Å². The zero-order chi connectivity index (χ0) is 27.6. The van der Waals surface area contributed by atoms with Gasteiger partial charge in [-0.15, -0.1) is 0 Å². The van der Waals surface area contributed by atoms with Gasteiger partial charge in [0.1, 0.15) is 6.17 Å². The second kappa shape index (κ2) is 10.9. The molecule has 6 aromatic rings. The average molecular weight is 535 g/mol. The Balaban J connectivity index is 1.31. The van der Waals surface area contributed by atoms with Gasteiger partial charge in [0.05, 0.1) is 11.9 Å². The fraction of sp³-hybridized carbons (Fsp3) is 0.0833. The van der Waals surface area contributed by atoms with Crippen LogP contribution in [0.25, 0.3) is 21.5 Å². The van der Waals surface area contributed by atoms with Gasteiger partial charge in [-0.2, -0.15) is 0 Å². The van der Waals surface area contributed by atoms with Crippen molar-refractivity contribution in [3.63, 3.8) is 0 Å². The second-order valence-corrected chi connectivity index (χ2v) is 10.3. The molecule has 1 heterocycles. The van der Waals surface area contributed by atoms with Crippen molar-refractivity contribution in [2.75, 3.05) is 5.32 Å². The lowest BCUT2D eigenvalue weighted by molar-refractivity contribution is 0.263. The summed E-state index contributed by atoms with van der Waals surface area (Å²) in [6, 6.07) is 45.5. The largest absolute Gasteiger partial charge is 0.464 e. The first-order valence-electron chi connectivity index (χ1n) is 13.9. The molecule has 0 spiro atoms. The predicted octanol–water partition coefficient (Wildman–Crippen LogP) is 7.86. The molecule has 3 unspecified atom stereocenters. The summed E-state index contributed by atoms with van der Waals surface area (Å²) in [6.07, 6.45) is 0.917. The van der Waals surface area contributed by atoms with Crippen molar-refractivity contribution in [2.45, 2.75) is 18.6 Å². The van der Waals surface area contributed by atoms with Gasteiger partial charge in [-0.1, -0.05) is 121 Å². The van der Waals surface area contributed by atoms with Gasteiger partial charge in [0.2, 0.25) is 0 Å². The predicted molar refractivity (Wildman–Crippen MR) is 168 cm³/mol. The molecule has 0 aliphatic carbocycles. The molecule has 5 heteroatoms. The number of fused-ring (bicyclic) bond motifs is 5. The summed E-state index contributed by atoms with van der Waals surface area (Å²) in [5.41, 5.74) is 11.8. The molecule has 7 rings (SSSR count). The van der Waals surface area contributed by atoms with Crippen LogP contribution in [0.1, 0.15) is 40.8 Å². The third-order valence-corrected chi connectivity index (χ3v) is 7.59. The molecule has 0 aromatic heterocycles. The molecule has 4 N–H and O–H groups in total. The minimum atomic E-state index is -0.388. The number of hydrogen-bond acceptors (Lipinski definition) is 5. The molecule has 6 aromatic carbocycles. The molecular formula is C36H30N4O. The molecule has 5 nitrogen and oxygen atoms in total. The Labute approximate surface area is 239 Å². The summed E-state index contributed by atoms with van der Waals surface area (Å²) >= 11 is 0. The van der Waals surface area contributed by atoms with Crippen LogP contribution in [0, 0.1) is 0 Å². The molecule has 41 heavy (non-hydrogen) atoms. The van der Waals surface area contributed by atoms with E-state index in [1.54, 1.807) is 0 Å². The molecular weight excluding hydrogens is 504 g/mol. The first-order valence-corrected chi connectivity index (χ1v) is 13.9. The number of aliphatic imine (C=N–C) groups is 1. The van der Waals surface area contributed by atoms with Crippen molar-refractivity contribution in [1.29, 1.82) is 0 Å². The number of anilines is 1. The smallest absolute Gasteiger partial charge is 0.196 e. The second-order valence-electron chi connectivity index (χ2n) is 10.3. The van der Waals surface area contributed by atoms with Gasteiger partial charge >= 0.3 is 0 Å². The Kier molecular flexibility index (Phi) is 6.65. The number of nitrogens with one attached hydrogen (secondary N) is 2. The maximum absolute atomic E-state index is 6.64. The van der Waals surface area contributed by atoms with Gasteiger partial charge in [0.15, 0.2) is 12.0 Å². The van der Waals surface area contributed by atoms with Crippen LogP contribution in [0.2, 0.25) is 0 Å². The Bertz CT molecular complexity index is 1840. The molecule has 200 valence electrons. The van der Waals surface area contributed by atoms with Crippen LogP contribution in [0.3, 0.4) is 0 Å². The summed E-state index contributed by atoms with van der Waals surface area (Å²) < 4.78 is 6.57. The van der Waals surface area contributed by atoms with Crippen molar-refractivity contribution in [2.24, 2.45) is 10.7 Å². The SMILES string of the molecule is NC(NC(/N=C/c1ccccc1)c1ccc2ccc3ccc4c(c3c2c1)OC(c1ccccc1)N4)c1ccccc1. The Morgan fingerprint density at radius 1 is 0.732 bits per heavy atom. The summed E-state index contributed by atoms with van der Waals surface area (Å²) in [4.78, 5) is 4.98. The first kappa shape index (κ1) is 25.0. The first-order chi connectivity index (χ1) is 20.2. The number of rotatable bonds is 7. The van der Waals surface area contributed by atoms with E-state index < -0.39 is 0 Å². The van der Waals surface area contributed by atoms with Gasteiger partial charge < -0.3 is 15.8 Å². The minimum Gasteiger partial charge on any atom is -0.464 e. The summed E-state index contributed by atoms with van der Waals surface area (Å²) in [6.45, 7) is 0. The molecule has 1 aliphatic heterocycles. The lowest BCUT2D eigenvalue weighted by Crippen LogP contribution is -2.31. The highest BCUT2D eigenvalue weighted by Gasteiger charge is 2.26. The van der Waals surface area contributed by atoms with Crippen molar-refractivity contribution >= 4 is 33.4 Å². The lowest BCUT2D eigenvalue weighted by Gasteiger charge is -2.22. The lowest BCUT2D eigenvalue weighted by atomic mass is 9.97. The van der Waals surface area contributed by atoms with Crippen molar-refractivity contribution in [3.8, 4) is 5.75 Å². The number of hydrogen-bond donors (Lipinski definition) is 3. The number of ether oxygens (including phenoxy) is 1. The minimum absolute atomic E-state index is 0.232. The third-order valence-electron chi connectivity index (χ3n) is 7.59. The van der Waals surface area contributed by atoms with Crippen LogP contribution in [0.4, 0.5) is 5.69 Å². The zero-order valence-corrected chi connectivity index (χ0v) is 22.4. The number of nitrogens with two attached hydrogens (primary N) is 1. The van der Waals surface area contributed by atoms with E-state index in [0.29, 0.717) is 0 Å². The van der Waals surface area contributed by atoms with Gasteiger partial charge in [0.25, 0.3) is 0 Å². The van der Waals surface area contributed by atoms with Crippen LogP contribution in [0.5, 0.6) is 5.75 Å². The molecule has 0 saturated heterocycles. The summed E-state index contributed by atoms with van der Waals surface area (Å²) in [7, 11) is 0. The van der Waals surface area contributed by atoms with E-state index in [1.807, 2.05) is 85.1 Å². The van der Waals surface area contributed by atoms with Crippen LogP contribution >= 0.6 is 0 Å². The molecule has 0 bridgehead atoms. The van der Waals surface area contributed by atoms with E-state index in [9.17, 15) is 0 Å². The van der Waals surface area contributed by atoms with Crippen LogP contribution in [-0.2, 0) is 0 Å². The van der Waals surface area contributed by atoms with Gasteiger partial charge in [0, 0.05) is 17.2 Å². The average Bonchev–Trinajstić information content (AvgIpc) is 3.49. The van der Waals surface area contributed by atoms with Crippen LogP contribution in [-0.4, -0.2) is 6.21 Å². The van der Waals surface area contributed by atoms with E-state index >= 15 is 0 Å². The van der Waals surface area contributed by atoms with Crippen molar-refractivity contribution in [1.82, 2.24) is 5.32 Å². The molecule has 0 fully saturated rings. The zero-order valence-electron chi connectivity index (χ0n) is 22.4. The van der Waals surface area contributed by atoms with Crippen molar-refractivity contribution in [3.05, 3.63) is 156 Å². The standard InChI is InChI=1S/C36H30N4O/c37-34(27-12-6-2-7-13-27)40-35(38-23-24-10-4-1-5-11-24)29-19-17-25-16-18-26-20-21-31-33(32(26)30(25)22-29)41-36(39-31)28-14-8-3-9-15-28/h1-23,34-36,39-40H,37H2/b38-23+. The third kappa shape index (κ3) is 5.05. The highest BCUT2D eigenvalue weighted by atomic mass is 16.5. The van der Waals surface area contributed by atoms with Gasteiger partial charge in [-0.3, -0.25) is 10.3 Å². The Morgan fingerprint density at radius 3 is 2.17 bits per heavy atom. The molecule has 1 aliphatic rings. The normalized spacial score (nSPS) is 15.9. The number of benzene rings is 6. The van der Waals surface area contributed by atoms with Crippen LogP contribution in [0.15, 0.2) is 138 Å². The van der Waals surface area contributed by atoms with Gasteiger partial charge in [-0.25, -0.2) is 0 Å². The van der Waals surface area contributed by atoms with E-state index in [0.717, 1.165) is 55.2 Å². The van der Waals surface area contributed by atoms with E-state index in [4.69, 9.17) is 15.5 Å². The Hall–Kier alpha value is -4.97. The molecule has 0 radical (unpaired) electrons. The molecule has 0 saturated carbocycles. The molecule has 3 atom stereocenters. The van der Waals surface area contributed by atoms with E-state index in [1.165, 1.54) is 0 Å². The fourth-order valence-corrected chi connectivity index (χ4v) is 5.46. The summed E-state index contributed by atoms with van der Waals surface area (Å²) in [5.74, 6) is 0.873. The highest BCUT2D eigenvalue weighted by Crippen LogP contribution is 2.46. The topological polar surface area (TPSA) is 71.7 Å². The Morgan fingerprint density at radius 2 is 1.39 bits per heavy atom. The van der Waals surface area contributed by atoms with Crippen LogP contribution < -0.4 is 21.1 Å².